The molecule has 10 heavy (non-hydrogen) atoms. The lowest BCUT2D eigenvalue weighted by Crippen LogP contribution is -1.85. The molecule has 0 aromatic rings. The summed E-state index contributed by atoms with van der Waals surface area (Å²) in [4.78, 5) is 10.3. The fourth-order valence-electron chi connectivity index (χ4n) is 0.935. The summed E-state index contributed by atoms with van der Waals surface area (Å²) in [6.45, 7) is 0. The van der Waals surface area contributed by atoms with Gasteiger partial charge in [-0.05, 0) is 24.4 Å². The van der Waals surface area contributed by atoms with Crippen LogP contribution < -0.4 is 0 Å². The Morgan fingerprint density at radius 2 is 2.50 bits per heavy atom. The van der Waals surface area contributed by atoms with Crippen molar-refractivity contribution in [2.24, 2.45) is 0 Å². The van der Waals surface area contributed by atoms with E-state index in [4.69, 9.17) is 11.6 Å². The fraction of sp³-hybridized carbons (Fsp3) is 0.375. The predicted molar refractivity (Wildman–Crippen MR) is 41.9 cm³/mol. The monoisotopic (exact) mass is 156 g/mol. The summed E-state index contributed by atoms with van der Waals surface area (Å²) >= 11 is 5.17. The molecule has 1 nitrogen and oxygen atoms in total. The van der Waals surface area contributed by atoms with E-state index in [-0.39, 0.29) is 5.24 Å². The van der Waals surface area contributed by atoms with Crippen molar-refractivity contribution in [1.29, 1.82) is 0 Å². The highest BCUT2D eigenvalue weighted by atomic mass is 35.5. The summed E-state index contributed by atoms with van der Waals surface area (Å²) in [5, 5.41) is -0.249. The molecule has 0 aromatic carbocycles. The summed E-state index contributed by atoms with van der Waals surface area (Å²) < 4.78 is 0. The highest BCUT2D eigenvalue weighted by Gasteiger charge is 2.00. The Bertz CT molecular complexity index is 191. The van der Waals surface area contributed by atoms with Crippen molar-refractivity contribution in [2.45, 2.75) is 19.3 Å². The zero-order chi connectivity index (χ0) is 7.40. The summed E-state index contributed by atoms with van der Waals surface area (Å²) in [5.41, 5.74) is 1.23. The first-order valence-corrected chi connectivity index (χ1v) is 3.71. The van der Waals surface area contributed by atoms with Gasteiger partial charge in [0.2, 0.25) is 5.24 Å². The Balaban J connectivity index is 2.26. The third kappa shape index (κ3) is 2.36. The quantitative estimate of drug-likeness (QED) is 0.574. The molecule has 0 heterocycles. The van der Waals surface area contributed by atoms with Crippen LogP contribution in [-0.4, -0.2) is 5.24 Å². The molecule has 0 fully saturated rings. The summed E-state index contributed by atoms with van der Waals surface area (Å²) in [5.74, 6) is 0. The molecule has 1 aliphatic rings. The molecule has 2 heteroatoms. The SMILES string of the molecule is O=C(Cl)CCC1=CCC=C1. The zero-order valence-electron chi connectivity index (χ0n) is 5.64. The molecule has 0 atom stereocenters. The topological polar surface area (TPSA) is 17.1 Å². The second-order valence-electron chi connectivity index (χ2n) is 2.27. The lowest BCUT2D eigenvalue weighted by Gasteiger charge is -1.92. The maximum Gasteiger partial charge on any atom is 0.221 e. The maximum atomic E-state index is 10.3. The highest BCUT2D eigenvalue weighted by Crippen LogP contribution is 2.14. The van der Waals surface area contributed by atoms with Crippen molar-refractivity contribution in [2.75, 3.05) is 0 Å². The molecule has 1 aliphatic carbocycles. The van der Waals surface area contributed by atoms with Crippen molar-refractivity contribution >= 4 is 16.8 Å². The largest absolute Gasteiger partial charge is 0.281 e. The van der Waals surface area contributed by atoms with Gasteiger partial charge in [-0.2, -0.15) is 0 Å². The maximum absolute atomic E-state index is 10.3. The molecule has 0 saturated carbocycles. The van der Waals surface area contributed by atoms with Crippen LogP contribution in [0, 0.1) is 0 Å². The lowest BCUT2D eigenvalue weighted by atomic mass is 10.2. The van der Waals surface area contributed by atoms with Gasteiger partial charge in [-0.15, -0.1) is 0 Å². The molecule has 0 aliphatic heterocycles. The van der Waals surface area contributed by atoms with Crippen LogP contribution in [0.15, 0.2) is 23.8 Å². The van der Waals surface area contributed by atoms with Gasteiger partial charge >= 0.3 is 0 Å². The molecule has 0 amide bonds. The van der Waals surface area contributed by atoms with E-state index in [2.05, 4.69) is 12.2 Å². The molecular formula is C8H9ClO. The minimum Gasteiger partial charge on any atom is -0.281 e. The van der Waals surface area contributed by atoms with Crippen molar-refractivity contribution in [3.63, 3.8) is 0 Å². The number of halogens is 1. The van der Waals surface area contributed by atoms with Gasteiger partial charge < -0.3 is 0 Å². The minimum absolute atomic E-state index is 0.249. The van der Waals surface area contributed by atoms with Crippen LogP contribution in [0.1, 0.15) is 19.3 Å². The summed E-state index contributed by atoms with van der Waals surface area (Å²) in [6, 6.07) is 0. The van der Waals surface area contributed by atoms with E-state index >= 15 is 0 Å². The Labute approximate surface area is 65.4 Å². The van der Waals surface area contributed by atoms with E-state index in [0.29, 0.717) is 6.42 Å². The number of hydrogen-bond acceptors (Lipinski definition) is 1. The van der Waals surface area contributed by atoms with Crippen molar-refractivity contribution in [3.05, 3.63) is 23.8 Å². The van der Waals surface area contributed by atoms with Crippen LogP contribution in [0.25, 0.3) is 0 Å². The Morgan fingerprint density at radius 1 is 1.70 bits per heavy atom. The van der Waals surface area contributed by atoms with Crippen LogP contribution in [0.2, 0.25) is 0 Å². The van der Waals surface area contributed by atoms with Crippen LogP contribution in [0.5, 0.6) is 0 Å². The molecule has 0 spiro atoms. The van der Waals surface area contributed by atoms with E-state index < -0.39 is 0 Å². The standard InChI is InChI=1S/C8H9ClO/c9-8(10)6-5-7-3-1-2-4-7/h1,3-4H,2,5-6H2. The van der Waals surface area contributed by atoms with Crippen LogP contribution in [0.4, 0.5) is 0 Å². The number of allylic oxidation sites excluding steroid dienone is 4. The van der Waals surface area contributed by atoms with Gasteiger partial charge in [0.15, 0.2) is 0 Å². The third-order valence-electron chi connectivity index (χ3n) is 1.46. The second-order valence-corrected chi connectivity index (χ2v) is 2.69. The number of hydrogen-bond donors (Lipinski definition) is 0. The van der Waals surface area contributed by atoms with Crippen LogP contribution in [-0.2, 0) is 4.79 Å². The van der Waals surface area contributed by atoms with Gasteiger partial charge in [0, 0.05) is 6.42 Å². The zero-order valence-corrected chi connectivity index (χ0v) is 6.40. The number of carbonyl (C=O) groups is 1. The average Bonchev–Trinajstić information content (AvgIpc) is 2.34. The number of carbonyl (C=O) groups excluding carboxylic acids is 1. The van der Waals surface area contributed by atoms with Gasteiger partial charge in [0.05, 0.1) is 0 Å². The van der Waals surface area contributed by atoms with E-state index in [9.17, 15) is 4.79 Å². The first kappa shape index (κ1) is 7.55. The highest BCUT2D eigenvalue weighted by molar-refractivity contribution is 6.63. The minimum atomic E-state index is -0.249. The van der Waals surface area contributed by atoms with E-state index in [1.165, 1.54) is 5.57 Å². The molecule has 0 saturated heterocycles. The molecule has 0 unspecified atom stereocenters. The second kappa shape index (κ2) is 3.57. The molecule has 54 valence electrons. The fourth-order valence-corrected chi connectivity index (χ4v) is 1.03. The van der Waals surface area contributed by atoms with Crippen molar-refractivity contribution in [1.82, 2.24) is 0 Å². The predicted octanol–water partition coefficient (Wildman–Crippen LogP) is 2.42. The summed E-state index contributed by atoms with van der Waals surface area (Å²) in [7, 11) is 0. The molecule has 0 aromatic heterocycles. The average molecular weight is 157 g/mol. The molecular weight excluding hydrogens is 148 g/mol. The smallest absolute Gasteiger partial charge is 0.221 e. The van der Waals surface area contributed by atoms with Crippen LogP contribution in [0.3, 0.4) is 0 Å². The Kier molecular flexibility index (Phi) is 2.69. The number of rotatable bonds is 3. The molecule has 1 rings (SSSR count). The van der Waals surface area contributed by atoms with Gasteiger partial charge in [-0.1, -0.05) is 23.8 Å². The van der Waals surface area contributed by atoms with Crippen molar-refractivity contribution < 1.29 is 4.79 Å². The third-order valence-corrected chi connectivity index (χ3v) is 1.65. The van der Waals surface area contributed by atoms with E-state index in [0.717, 1.165) is 12.8 Å². The van der Waals surface area contributed by atoms with Gasteiger partial charge in [-0.3, -0.25) is 4.79 Å². The van der Waals surface area contributed by atoms with Crippen molar-refractivity contribution in [3.8, 4) is 0 Å². The Morgan fingerprint density at radius 3 is 3.00 bits per heavy atom. The van der Waals surface area contributed by atoms with E-state index in [1.807, 2.05) is 6.08 Å². The Hall–Kier alpha value is -0.560. The first-order valence-electron chi connectivity index (χ1n) is 3.33. The van der Waals surface area contributed by atoms with Crippen LogP contribution >= 0.6 is 11.6 Å². The van der Waals surface area contributed by atoms with Gasteiger partial charge in [0.25, 0.3) is 0 Å². The molecule has 0 radical (unpaired) electrons. The molecule has 0 N–H and O–H groups in total. The molecule has 0 bridgehead atoms. The normalized spacial score (nSPS) is 15.5. The lowest BCUT2D eigenvalue weighted by molar-refractivity contribution is -0.111. The van der Waals surface area contributed by atoms with E-state index in [1.54, 1.807) is 0 Å². The first-order chi connectivity index (χ1) is 4.79. The van der Waals surface area contributed by atoms with Gasteiger partial charge in [-0.25, -0.2) is 0 Å². The summed E-state index contributed by atoms with van der Waals surface area (Å²) in [6.07, 6.45) is 8.48. The van der Waals surface area contributed by atoms with Gasteiger partial charge in [0.1, 0.15) is 0 Å².